The number of carbonyl (C=O) groups is 2. The molecule has 190 valence electrons. The predicted octanol–water partition coefficient (Wildman–Crippen LogP) is 4.50. The predicted molar refractivity (Wildman–Crippen MR) is 146 cm³/mol. The van der Waals surface area contributed by atoms with Gasteiger partial charge in [0.05, 0.1) is 5.52 Å². The Morgan fingerprint density at radius 1 is 0.972 bits per heavy atom. The maximum absolute atomic E-state index is 12.5. The number of carbonyl (C=O) groups excluding carboxylic acids is 2. The lowest BCUT2D eigenvalue weighted by Gasteiger charge is -2.28. The van der Waals surface area contributed by atoms with E-state index in [9.17, 15) is 9.59 Å². The van der Waals surface area contributed by atoms with Gasteiger partial charge in [0.15, 0.2) is 0 Å². The molecule has 2 amide bonds. The third-order valence-electron chi connectivity index (χ3n) is 6.66. The summed E-state index contributed by atoms with van der Waals surface area (Å²) in [7, 11) is 2.03. The minimum absolute atomic E-state index is 0.109. The second-order valence-corrected chi connectivity index (χ2v) is 9.70. The first-order chi connectivity index (χ1) is 17.5. The number of aryl methyl sites for hydroxylation is 1. The quantitative estimate of drug-likeness (QED) is 0.440. The van der Waals surface area contributed by atoms with E-state index < -0.39 is 0 Å². The van der Waals surface area contributed by atoms with Crippen LogP contribution in [0.4, 0.5) is 11.5 Å². The van der Waals surface area contributed by atoms with Crippen molar-refractivity contribution in [3.8, 4) is 0 Å². The van der Waals surface area contributed by atoms with Gasteiger partial charge in [0.25, 0.3) is 0 Å². The molecule has 0 bridgehead atoms. The van der Waals surface area contributed by atoms with Gasteiger partial charge in [-0.2, -0.15) is 0 Å². The molecule has 0 aliphatic carbocycles. The van der Waals surface area contributed by atoms with Crippen LogP contribution in [-0.2, 0) is 16.1 Å². The van der Waals surface area contributed by atoms with Crippen LogP contribution in [0.1, 0.15) is 43.2 Å². The number of amides is 2. The highest BCUT2D eigenvalue weighted by Crippen LogP contribution is 2.27. The molecular formula is C29H37N5O2. The number of hydrogen-bond donors (Lipinski definition) is 2. The molecule has 1 aliphatic rings. The van der Waals surface area contributed by atoms with Crippen molar-refractivity contribution in [1.82, 2.24) is 15.2 Å². The van der Waals surface area contributed by atoms with Gasteiger partial charge in [-0.15, -0.1) is 0 Å². The van der Waals surface area contributed by atoms with E-state index in [0.717, 1.165) is 54.2 Å². The van der Waals surface area contributed by atoms with E-state index in [-0.39, 0.29) is 24.7 Å². The second kappa shape index (κ2) is 12.5. The normalized spacial score (nSPS) is 13.7. The van der Waals surface area contributed by atoms with Crippen molar-refractivity contribution >= 4 is 34.2 Å². The number of fused-ring (bicyclic) bond motifs is 1. The van der Waals surface area contributed by atoms with Crippen LogP contribution in [0.2, 0.25) is 0 Å². The smallest absolute Gasteiger partial charge is 0.224 e. The lowest BCUT2D eigenvalue weighted by atomic mass is 10.1. The Bertz CT molecular complexity index is 1180. The third kappa shape index (κ3) is 7.28. The monoisotopic (exact) mass is 487 g/mol. The van der Waals surface area contributed by atoms with Crippen molar-refractivity contribution in [3.05, 3.63) is 65.7 Å². The van der Waals surface area contributed by atoms with Gasteiger partial charge < -0.3 is 20.4 Å². The molecule has 2 N–H and O–H groups in total. The van der Waals surface area contributed by atoms with Crippen LogP contribution in [0, 0.1) is 6.92 Å². The second-order valence-electron chi connectivity index (χ2n) is 9.70. The zero-order valence-electron chi connectivity index (χ0n) is 21.4. The molecule has 36 heavy (non-hydrogen) atoms. The molecule has 0 saturated carbocycles. The van der Waals surface area contributed by atoms with Crippen molar-refractivity contribution in [1.29, 1.82) is 0 Å². The summed E-state index contributed by atoms with van der Waals surface area (Å²) in [5.41, 5.74) is 4.05. The van der Waals surface area contributed by atoms with E-state index in [4.69, 9.17) is 4.98 Å². The SMILES string of the molecule is Cc1cc(N2CCCCC2)nc2ccc(NC(=O)CCC(=O)NCCN(C)Cc3ccccc3)cc12. The van der Waals surface area contributed by atoms with Crippen LogP contribution < -0.4 is 15.5 Å². The van der Waals surface area contributed by atoms with Crippen LogP contribution in [0.15, 0.2) is 54.6 Å². The van der Waals surface area contributed by atoms with Crippen LogP contribution in [0.5, 0.6) is 0 Å². The van der Waals surface area contributed by atoms with Crippen molar-refractivity contribution in [2.75, 3.05) is 43.4 Å². The third-order valence-corrected chi connectivity index (χ3v) is 6.66. The molecule has 1 saturated heterocycles. The average molecular weight is 488 g/mol. The Labute approximate surface area is 213 Å². The molecule has 1 aliphatic heterocycles. The van der Waals surface area contributed by atoms with Crippen LogP contribution >= 0.6 is 0 Å². The Kier molecular flexibility index (Phi) is 8.90. The van der Waals surface area contributed by atoms with Gasteiger partial charge in [-0.3, -0.25) is 9.59 Å². The number of anilines is 2. The lowest BCUT2D eigenvalue weighted by molar-refractivity contribution is -0.124. The molecule has 7 nitrogen and oxygen atoms in total. The highest BCUT2D eigenvalue weighted by molar-refractivity contribution is 5.96. The summed E-state index contributed by atoms with van der Waals surface area (Å²) in [5, 5.41) is 6.87. The number of pyridine rings is 1. The number of benzene rings is 2. The number of hydrogen-bond acceptors (Lipinski definition) is 5. The first kappa shape index (κ1) is 25.6. The molecule has 0 radical (unpaired) electrons. The fourth-order valence-electron chi connectivity index (χ4n) is 4.64. The molecule has 0 atom stereocenters. The topological polar surface area (TPSA) is 77.6 Å². The van der Waals surface area contributed by atoms with E-state index in [1.165, 1.54) is 24.8 Å². The molecule has 1 aromatic heterocycles. The lowest BCUT2D eigenvalue weighted by Crippen LogP contribution is -2.33. The molecule has 2 aromatic carbocycles. The fourth-order valence-corrected chi connectivity index (χ4v) is 4.64. The van der Waals surface area contributed by atoms with Gasteiger partial charge in [0, 0.05) is 56.6 Å². The molecule has 0 spiro atoms. The first-order valence-electron chi connectivity index (χ1n) is 12.9. The standard InChI is InChI=1S/C29H37N5O2/c1-22-19-27(34-16-7-4-8-17-34)32-26-12-11-24(20-25(22)26)31-29(36)14-13-28(35)30-15-18-33(2)21-23-9-5-3-6-10-23/h3,5-6,9-12,19-20H,4,7-8,13-18,21H2,1-2H3,(H,30,35)(H,31,36). The Morgan fingerprint density at radius 3 is 2.50 bits per heavy atom. The van der Waals surface area contributed by atoms with Gasteiger partial charge >= 0.3 is 0 Å². The summed E-state index contributed by atoms with van der Waals surface area (Å²) in [4.78, 5) is 34.0. The summed E-state index contributed by atoms with van der Waals surface area (Å²) in [5.74, 6) is 0.761. The maximum atomic E-state index is 12.5. The molecule has 1 fully saturated rings. The number of aromatic nitrogens is 1. The van der Waals surface area contributed by atoms with Crippen molar-refractivity contribution in [3.63, 3.8) is 0 Å². The number of nitrogens with one attached hydrogen (secondary N) is 2. The highest BCUT2D eigenvalue weighted by Gasteiger charge is 2.14. The Hall–Kier alpha value is -3.45. The van der Waals surface area contributed by atoms with Gasteiger partial charge in [-0.05, 0) is 68.6 Å². The molecule has 2 heterocycles. The molecule has 7 heteroatoms. The van der Waals surface area contributed by atoms with Gasteiger partial charge in [-0.25, -0.2) is 4.98 Å². The van der Waals surface area contributed by atoms with Gasteiger partial charge in [0.2, 0.25) is 11.8 Å². The molecular weight excluding hydrogens is 450 g/mol. The zero-order chi connectivity index (χ0) is 25.3. The van der Waals surface area contributed by atoms with E-state index in [1.54, 1.807) is 0 Å². The summed E-state index contributed by atoms with van der Waals surface area (Å²) in [6.07, 6.45) is 4.04. The van der Waals surface area contributed by atoms with E-state index >= 15 is 0 Å². The summed E-state index contributed by atoms with van der Waals surface area (Å²) < 4.78 is 0. The average Bonchev–Trinajstić information content (AvgIpc) is 2.89. The number of likely N-dealkylation sites (N-methyl/N-ethyl adjacent to an activating group) is 1. The first-order valence-corrected chi connectivity index (χ1v) is 12.9. The van der Waals surface area contributed by atoms with E-state index in [1.807, 2.05) is 43.4 Å². The summed E-state index contributed by atoms with van der Waals surface area (Å²) in [6, 6.07) is 18.2. The Morgan fingerprint density at radius 2 is 1.72 bits per heavy atom. The number of nitrogens with zero attached hydrogens (tertiary/aromatic N) is 3. The number of piperidine rings is 1. The van der Waals surface area contributed by atoms with Gasteiger partial charge in [-0.1, -0.05) is 30.3 Å². The molecule has 3 aromatic rings. The number of rotatable bonds is 10. The Balaban J connectivity index is 1.22. The van der Waals surface area contributed by atoms with Crippen LogP contribution in [-0.4, -0.2) is 54.9 Å². The van der Waals surface area contributed by atoms with E-state index in [2.05, 4.69) is 45.6 Å². The van der Waals surface area contributed by atoms with Crippen molar-refractivity contribution in [2.24, 2.45) is 0 Å². The van der Waals surface area contributed by atoms with Crippen molar-refractivity contribution in [2.45, 2.75) is 45.6 Å². The van der Waals surface area contributed by atoms with E-state index in [0.29, 0.717) is 6.54 Å². The minimum atomic E-state index is -0.166. The fraction of sp³-hybridized carbons (Fsp3) is 0.414. The van der Waals surface area contributed by atoms with Crippen molar-refractivity contribution < 1.29 is 9.59 Å². The van der Waals surface area contributed by atoms with Gasteiger partial charge in [0.1, 0.15) is 5.82 Å². The largest absolute Gasteiger partial charge is 0.357 e. The summed E-state index contributed by atoms with van der Waals surface area (Å²) in [6.45, 7) is 6.34. The highest BCUT2D eigenvalue weighted by atomic mass is 16.2. The maximum Gasteiger partial charge on any atom is 0.224 e. The summed E-state index contributed by atoms with van der Waals surface area (Å²) >= 11 is 0. The van der Waals surface area contributed by atoms with Crippen LogP contribution in [0.25, 0.3) is 10.9 Å². The zero-order valence-corrected chi connectivity index (χ0v) is 21.4. The molecule has 0 unspecified atom stereocenters. The molecule has 4 rings (SSSR count). The minimum Gasteiger partial charge on any atom is -0.357 e. The van der Waals surface area contributed by atoms with Crippen LogP contribution in [0.3, 0.4) is 0 Å².